The van der Waals surface area contributed by atoms with Gasteiger partial charge in [0.1, 0.15) is 0 Å². The van der Waals surface area contributed by atoms with Crippen molar-refractivity contribution in [3.8, 4) is 0 Å². The van der Waals surface area contributed by atoms with Gasteiger partial charge in [0.25, 0.3) is 11.6 Å². The first-order chi connectivity index (χ1) is 11.1. The molecular weight excluding hydrogens is 300 g/mol. The van der Waals surface area contributed by atoms with Crippen LogP contribution in [-0.4, -0.2) is 45.8 Å². The van der Waals surface area contributed by atoms with E-state index in [2.05, 4.69) is 30.6 Å². The summed E-state index contributed by atoms with van der Waals surface area (Å²) in [5, 5.41) is 15.4. The second-order valence-corrected chi connectivity index (χ2v) is 5.08. The molecule has 3 aromatic rings. The number of tetrazole rings is 1. The van der Waals surface area contributed by atoms with Gasteiger partial charge in [0.15, 0.2) is 12.4 Å². The second-order valence-electron chi connectivity index (χ2n) is 5.08. The van der Waals surface area contributed by atoms with Gasteiger partial charge >= 0.3 is 5.97 Å². The summed E-state index contributed by atoms with van der Waals surface area (Å²) in [6, 6.07) is 1.86. The summed E-state index contributed by atoms with van der Waals surface area (Å²) in [7, 11) is 0. The number of carbonyl (C=O) groups excluding carboxylic acids is 1. The fraction of sp³-hybridized carbons (Fsp3) is 0.462. The molecule has 0 saturated carbocycles. The number of carbonyl (C=O) groups is 1. The molecule has 0 aliphatic carbocycles. The fourth-order valence-corrected chi connectivity index (χ4v) is 2.16. The van der Waals surface area contributed by atoms with Crippen LogP contribution in [0.2, 0.25) is 0 Å². The topological polar surface area (TPSA) is 113 Å². The molecule has 0 atom stereocenters. The van der Waals surface area contributed by atoms with Crippen LogP contribution in [0, 0.1) is 13.8 Å². The third-order valence-electron chi connectivity index (χ3n) is 3.17. The maximum absolute atomic E-state index is 12.1. The lowest BCUT2D eigenvalue weighted by Gasteiger charge is -2.02. The van der Waals surface area contributed by atoms with E-state index in [0.717, 1.165) is 17.8 Å². The van der Waals surface area contributed by atoms with Crippen molar-refractivity contribution in [1.29, 1.82) is 0 Å². The Balaban J connectivity index is 1.76. The molecule has 120 valence electrons. The average molecular weight is 316 g/mol. The van der Waals surface area contributed by atoms with Crippen LogP contribution in [0.5, 0.6) is 0 Å². The molecule has 3 aromatic heterocycles. The summed E-state index contributed by atoms with van der Waals surface area (Å²) in [6.07, 6.45) is 0.879. The van der Waals surface area contributed by atoms with Crippen LogP contribution in [0.1, 0.15) is 41.2 Å². The van der Waals surface area contributed by atoms with Crippen molar-refractivity contribution >= 4 is 11.7 Å². The quantitative estimate of drug-likeness (QED) is 0.625. The lowest BCUT2D eigenvalue weighted by Crippen LogP contribution is -2.12. The van der Waals surface area contributed by atoms with Gasteiger partial charge in [-0.25, -0.2) is 19.0 Å². The maximum atomic E-state index is 12.1. The number of aromatic nitrogens is 8. The number of fused-ring (bicyclic) bond motifs is 1. The molecule has 0 N–H and O–H groups in total. The van der Waals surface area contributed by atoms with Crippen LogP contribution in [0.25, 0.3) is 5.78 Å². The Kier molecular flexibility index (Phi) is 3.96. The molecule has 0 aromatic carbocycles. The van der Waals surface area contributed by atoms with E-state index in [1.165, 1.54) is 4.52 Å². The van der Waals surface area contributed by atoms with Crippen LogP contribution in [0.4, 0.5) is 0 Å². The molecule has 0 fully saturated rings. The molecule has 0 radical (unpaired) electrons. The third kappa shape index (κ3) is 3.00. The van der Waals surface area contributed by atoms with Gasteiger partial charge in [0, 0.05) is 17.9 Å². The molecule has 0 spiro atoms. The van der Waals surface area contributed by atoms with Crippen LogP contribution >= 0.6 is 0 Å². The lowest BCUT2D eigenvalue weighted by molar-refractivity contribution is 0.0442. The monoisotopic (exact) mass is 316 g/mol. The summed E-state index contributed by atoms with van der Waals surface area (Å²) >= 11 is 0. The number of rotatable bonds is 5. The molecule has 10 nitrogen and oxygen atoms in total. The standard InChI is InChI=1S/C13H16N8O2/c1-4-5-20-10(16-18-19-20)7-23-12(22)11-15-13-14-8(2)6-9(3)21(13)17-11/h6H,4-5,7H2,1-3H3. The number of aryl methyl sites for hydroxylation is 3. The fourth-order valence-electron chi connectivity index (χ4n) is 2.16. The molecule has 0 saturated heterocycles. The first-order valence-electron chi connectivity index (χ1n) is 7.21. The highest BCUT2D eigenvalue weighted by Crippen LogP contribution is 2.07. The summed E-state index contributed by atoms with van der Waals surface area (Å²) < 4.78 is 8.29. The van der Waals surface area contributed by atoms with Gasteiger partial charge in [-0.2, -0.15) is 4.98 Å². The van der Waals surface area contributed by atoms with E-state index in [0.29, 0.717) is 18.1 Å². The van der Waals surface area contributed by atoms with Crippen molar-refractivity contribution < 1.29 is 9.53 Å². The summed E-state index contributed by atoms with van der Waals surface area (Å²) in [5.41, 5.74) is 1.65. The van der Waals surface area contributed by atoms with Crippen LogP contribution in [0.3, 0.4) is 0 Å². The molecule has 0 bridgehead atoms. The van der Waals surface area contributed by atoms with E-state index in [-0.39, 0.29) is 12.4 Å². The number of hydrogen-bond acceptors (Lipinski definition) is 8. The Bertz CT molecular complexity index is 853. The molecule has 0 amide bonds. The van der Waals surface area contributed by atoms with Crippen LogP contribution in [0.15, 0.2) is 6.07 Å². The van der Waals surface area contributed by atoms with Gasteiger partial charge in [-0.05, 0) is 36.8 Å². The normalized spacial score (nSPS) is 11.1. The summed E-state index contributed by atoms with van der Waals surface area (Å²) in [6.45, 7) is 6.36. The number of esters is 1. The molecule has 3 rings (SSSR count). The highest BCUT2D eigenvalue weighted by atomic mass is 16.5. The van der Waals surface area contributed by atoms with Crippen molar-refractivity contribution in [1.82, 2.24) is 39.8 Å². The van der Waals surface area contributed by atoms with Gasteiger partial charge in [0.2, 0.25) is 0 Å². The second kappa shape index (κ2) is 6.07. The third-order valence-corrected chi connectivity index (χ3v) is 3.17. The summed E-state index contributed by atoms with van der Waals surface area (Å²) in [4.78, 5) is 20.4. The Morgan fingerprint density at radius 1 is 1.30 bits per heavy atom. The van der Waals surface area contributed by atoms with Gasteiger partial charge in [-0.3, -0.25) is 0 Å². The maximum Gasteiger partial charge on any atom is 0.378 e. The highest BCUT2D eigenvalue weighted by Gasteiger charge is 2.18. The van der Waals surface area contributed by atoms with Crippen LogP contribution < -0.4 is 0 Å². The molecular formula is C13H16N8O2. The minimum absolute atomic E-state index is 0.0349. The van der Waals surface area contributed by atoms with Gasteiger partial charge in [0.05, 0.1) is 0 Å². The van der Waals surface area contributed by atoms with E-state index in [9.17, 15) is 4.79 Å². The lowest BCUT2D eigenvalue weighted by atomic mass is 10.4. The number of ether oxygens (including phenoxy) is 1. The minimum atomic E-state index is -0.640. The van der Waals surface area contributed by atoms with Gasteiger partial charge in [-0.15, -0.1) is 10.2 Å². The predicted octanol–water partition coefficient (Wildman–Crippen LogP) is 0.495. The largest absolute Gasteiger partial charge is 0.451 e. The molecule has 0 aliphatic rings. The van der Waals surface area contributed by atoms with Gasteiger partial charge in [-0.1, -0.05) is 6.92 Å². The smallest absolute Gasteiger partial charge is 0.378 e. The zero-order chi connectivity index (χ0) is 16.4. The molecule has 0 unspecified atom stereocenters. The average Bonchev–Trinajstić information content (AvgIpc) is 3.12. The van der Waals surface area contributed by atoms with E-state index in [1.807, 2.05) is 26.8 Å². The summed E-state index contributed by atoms with van der Waals surface area (Å²) in [5.74, 6) is 0.165. The molecule has 10 heteroatoms. The van der Waals surface area contributed by atoms with E-state index in [4.69, 9.17) is 4.74 Å². The zero-order valence-electron chi connectivity index (χ0n) is 13.1. The van der Waals surface area contributed by atoms with E-state index < -0.39 is 5.97 Å². The first-order valence-corrected chi connectivity index (χ1v) is 7.21. The van der Waals surface area contributed by atoms with Crippen molar-refractivity contribution in [2.24, 2.45) is 0 Å². The Hall–Kier alpha value is -2.91. The predicted molar refractivity (Wildman–Crippen MR) is 77.5 cm³/mol. The van der Waals surface area contributed by atoms with Crippen LogP contribution in [-0.2, 0) is 17.9 Å². The molecule has 0 aliphatic heterocycles. The first kappa shape index (κ1) is 15.0. The Morgan fingerprint density at radius 2 is 2.13 bits per heavy atom. The van der Waals surface area contributed by atoms with E-state index >= 15 is 0 Å². The minimum Gasteiger partial charge on any atom is -0.451 e. The van der Waals surface area contributed by atoms with Crippen molar-refractivity contribution in [3.05, 3.63) is 29.1 Å². The Labute approximate surface area is 131 Å². The van der Waals surface area contributed by atoms with Crippen molar-refractivity contribution in [2.45, 2.75) is 40.3 Å². The van der Waals surface area contributed by atoms with Crippen molar-refractivity contribution in [2.75, 3.05) is 0 Å². The molecule has 3 heterocycles. The van der Waals surface area contributed by atoms with E-state index in [1.54, 1.807) is 4.68 Å². The SMILES string of the molecule is CCCn1nnnc1COC(=O)c1nc2nc(C)cc(C)n2n1. The van der Waals surface area contributed by atoms with Gasteiger partial charge < -0.3 is 4.74 Å². The van der Waals surface area contributed by atoms with Crippen molar-refractivity contribution in [3.63, 3.8) is 0 Å². The highest BCUT2D eigenvalue weighted by molar-refractivity contribution is 5.85. The Morgan fingerprint density at radius 3 is 2.91 bits per heavy atom. The zero-order valence-corrected chi connectivity index (χ0v) is 13.1. The molecule has 23 heavy (non-hydrogen) atoms. The number of hydrogen-bond donors (Lipinski definition) is 0. The number of nitrogens with zero attached hydrogens (tertiary/aromatic N) is 8.